The summed E-state index contributed by atoms with van der Waals surface area (Å²) in [5.74, 6) is -0.924. The molecule has 4 nitrogen and oxygen atoms in total. The van der Waals surface area contributed by atoms with Crippen LogP contribution in [0.1, 0.15) is 13.8 Å². The van der Waals surface area contributed by atoms with Gasteiger partial charge < -0.3 is 10.4 Å². The highest BCUT2D eigenvalue weighted by molar-refractivity contribution is 8.01. The predicted octanol–water partition coefficient (Wildman–Crippen LogP) is 3.19. The summed E-state index contributed by atoms with van der Waals surface area (Å²) in [5, 5.41) is 11.3. The smallest absolute Gasteiger partial charge is 0.316 e. The van der Waals surface area contributed by atoms with E-state index >= 15 is 0 Å². The summed E-state index contributed by atoms with van der Waals surface area (Å²) in [4.78, 5) is 23.9. The lowest BCUT2D eigenvalue weighted by molar-refractivity contribution is -0.137. The van der Waals surface area contributed by atoms with E-state index in [0.29, 0.717) is 0 Å². The molecule has 0 radical (unpaired) electrons. The van der Waals surface area contributed by atoms with E-state index in [-0.39, 0.29) is 17.6 Å². The van der Waals surface area contributed by atoms with Crippen LogP contribution in [-0.2, 0) is 9.59 Å². The van der Waals surface area contributed by atoms with Gasteiger partial charge >= 0.3 is 5.97 Å². The molecule has 110 valence electrons. The molecule has 1 aromatic carbocycles. The highest BCUT2D eigenvalue weighted by Gasteiger charge is 2.23. The van der Waals surface area contributed by atoms with E-state index in [2.05, 4.69) is 5.32 Å². The molecule has 1 atom stereocenters. The Morgan fingerprint density at radius 2 is 1.95 bits per heavy atom. The van der Waals surface area contributed by atoms with E-state index in [4.69, 9.17) is 5.11 Å². The summed E-state index contributed by atoms with van der Waals surface area (Å²) in [5.41, 5.74) is 0.766. The number of carboxylic acid groups (broad SMARTS) is 1. The van der Waals surface area contributed by atoms with Crippen LogP contribution in [-0.4, -0.2) is 34.2 Å². The standard InChI is InChI=1S/C14H19NO3S2/c1-9(2)13(14(17)18)20-8-12(16)15-10-6-4-5-7-11(10)19-3/h4-7,9,13H,8H2,1-3H3,(H,15,16)(H,17,18). The molecule has 1 unspecified atom stereocenters. The lowest BCUT2D eigenvalue weighted by Crippen LogP contribution is -2.25. The first kappa shape index (κ1) is 16.9. The van der Waals surface area contributed by atoms with Crippen molar-refractivity contribution in [1.29, 1.82) is 0 Å². The van der Waals surface area contributed by atoms with Gasteiger partial charge in [0.25, 0.3) is 0 Å². The number of carboxylic acids is 1. The fourth-order valence-electron chi connectivity index (χ4n) is 1.65. The zero-order valence-electron chi connectivity index (χ0n) is 11.8. The number of para-hydroxylation sites is 1. The van der Waals surface area contributed by atoms with Gasteiger partial charge in [-0.1, -0.05) is 26.0 Å². The van der Waals surface area contributed by atoms with Gasteiger partial charge in [0, 0.05) is 4.90 Å². The fourth-order valence-corrected chi connectivity index (χ4v) is 3.13. The Hall–Kier alpha value is -1.14. The number of benzene rings is 1. The Morgan fingerprint density at radius 3 is 2.50 bits per heavy atom. The zero-order valence-corrected chi connectivity index (χ0v) is 13.4. The van der Waals surface area contributed by atoms with Crippen molar-refractivity contribution in [3.63, 3.8) is 0 Å². The molecule has 0 heterocycles. The molecule has 1 rings (SSSR count). The Labute approximate surface area is 127 Å². The summed E-state index contributed by atoms with van der Waals surface area (Å²) in [6.45, 7) is 3.68. The SMILES string of the molecule is CSc1ccccc1NC(=O)CSC(C(=O)O)C(C)C. The van der Waals surface area contributed by atoms with Crippen molar-refractivity contribution >= 4 is 41.1 Å². The van der Waals surface area contributed by atoms with Gasteiger partial charge in [-0.2, -0.15) is 0 Å². The lowest BCUT2D eigenvalue weighted by atomic mass is 10.1. The fraction of sp³-hybridized carbons (Fsp3) is 0.429. The lowest BCUT2D eigenvalue weighted by Gasteiger charge is -2.15. The van der Waals surface area contributed by atoms with Gasteiger partial charge in [-0.25, -0.2) is 0 Å². The van der Waals surface area contributed by atoms with Crippen molar-refractivity contribution in [1.82, 2.24) is 0 Å². The first-order chi connectivity index (χ1) is 9.45. The minimum absolute atomic E-state index is 0.0104. The average molecular weight is 313 g/mol. The number of hydrogen-bond acceptors (Lipinski definition) is 4. The zero-order chi connectivity index (χ0) is 15.1. The third kappa shape index (κ3) is 5.09. The van der Waals surface area contributed by atoms with Crippen molar-refractivity contribution in [2.75, 3.05) is 17.3 Å². The molecule has 0 saturated carbocycles. The summed E-state index contributed by atoms with van der Waals surface area (Å²) in [7, 11) is 0. The quantitative estimate of drug-likeness (QED) is 0.757. The van der Waals surface area contributed by atoms with E-state index in [1.165, 1.54) is 0 Å². The van der Waals surface area contributed by atoms with Gasteiger partial charge in [0.05, 0.1) is 11.4 Å². The summed E-state index contributed by atoms with van der Waals surface area (Å²) >= 11 is 2.72. The van der Waals surface area contributed by atoms with Crippen molar-refractivity contribution in [2.45, 2.75) is 24.0 Å². The average Bonchev–Trinajstić information content (AvgIpc) is 2.38. The molecule has 0 aromatic heterocycles. The van der Waals surface area contributed by atoms with Crippen LogP contribution in [0.15, 0.2) is 29.2 Å². The van der Waals surface area contributed by atoms with E-state index in [1.54, 1.807) is 11.8 Å². The molecule has 6 heteroatoms. The Kier molecular flexibility index (Phi) is 6.95. The van der Waals surface area contributed by atoms with Crippen LogP contribution in [0.5, 0.6) is 0 Å². The molecule has 1 aromatic rings. The van der Waals surface area contributed by atoms with E-state index in [0.717, 1.165) is 22.3 Å². The minimum Gasteiger partial charge on any atom is -0.480 e. The molecule has 0 aliphatic carbocycles. The molecule has 0 spiro atoms. The maximum atomic E-state index is 11.9. The van der Waals surface area contributed by atoms with Crippen molar-refractivity contribution < 1.29 is 14.7 Å². The molecule has 2 N–H and O–H groups in total. The maximum Gasteiger partial charge on any atom is 0.316 e. The normalized spacial score (nSPS) is 12.2. The molecule has 20 heavy (non-hydrogen) atoms. The number of carbonyl (C=O) groups excluding carboxylic acids is 1. The predicted molar refractivity (Wildman–Crippen MR) is 85.6 cm³/mol. The van der Waals surface area contributed by atoms with E-state index < -0.39 is 11.2 Å². The first-order valence-electron chi connectivity index (χ1n) is 6.23. The second-order valence-corrected chi connectivity index (χ2v) is 6.54. The van der Waals surface area contributed by atoms with Crippen molar-refractivity contribution in [3.05, 3.63) is 24.3 Å². The number of nitrogens with one attached hydrogen (secondary N) is 1. The molecule has 0 bridgehead atoms. The van der Waals surface area contributed by atoms with Crippen LogP contribution in [0.25, 0.3) is 0 Å². The van der Waals surface area contributed by atoms with Crippen LogP contribution < -0.4 is 5.32 Å². The topological polar surface area (TPSA) is 66.4 Å². The maximum absolute atomic E-state index is 11.9. The van der Waals surface area contributed by atoms with Crippen LogP contribution in [0, 0.1) is 5.92 Å². The van der Waals surface area contributed by atoms with Crippen LogP contribution in [0.2, 0.25) is 0 Å². The Balaban J connectivity index is 2.57. The summed E-state index contributed by atoms with van der Waals surface area (Å²) < 4.78 is 0. The summed E-state index contributed by atoms with van der Waals surface area (Å²) in [6, 6.07) is 7.54. The largest absolute Gasteiger partial charge is 0.480 e. The third-order valence-corrected chi connectivity index (χ3v) is 4.95. The Morgan fingerprint density at radius 1 is 1.30 bits per heavy atom. The van der Waals surface area contributed by atoms with Crippen LogP contribution in [0.4, 0.5) is 5.69 Å². The van der Waals surface area contributed by atoms with Gasteiger partial charge in [0.15, 0.2) is 0 Å². The molecule has 0 saturated heterocycles. The second kappa shape index (κ2) is 8.21. The van der Waals surface area contributed by atoms with Gasteiger partial charge in [-0.15, -0.1) is 23.5 Å². The highest BCUT2D eigenvalue weighted by Crippen LogP contribution is 2.25. The van der Waals surface area contributed by atoms with Gasteiger partial charge in [0.2, 0.25) is 5.91 Å². The van der Waals surface area contributed by atoms with Gasteiger partial charge in [0.1, 0.15) is 5.25 Å². The molecule has 1 amide bonds. The number of rotatable bonds is 7. The van der Waals surface area contributed by atoms with Crippen molar-refractivity contribution in [3.8, 4) is 0 Å². The monoisotopic (exact) mass is 313 g/mol. The van der Waals surface area contributed by atoms with E-state index in [9.17, 15) is 9.59 Å². The number of aliphatic carboxylic acids is 1. The highest BCUT2D eigenvalue weighted by atomic mass is 32.2. The number of thioether (sulfide) groups is 2. The molecule has 0 aliphatic heterocycles. The third-order valence-electron chi connectivity index (χ3n) is 2.62. The number of anilines is 1. The number of hydrogen-bond donors (Lipinski definition) is 2. The molecule has 0 fully saturated rings. The van der Waals surface area contributed by atoms with Crippen molar-refractivity contribution in [2.24, 2.45) is 5.92 Å². The molecule has 0 aliphatic rings. The van der Waals surface area contributed by atoms with Crippen LogP contribution >= 0.6 is 23.5 Å². The first-order valence-corrected chi connectivity index (χ1v) is 8.50. The minimum atomic E-state index is -0.873. The second-order valence-electron chi connectivity index (χ2n) is 4.56. The molecular formula is C14H19NO3S2. The summed E-state index contributed by atoms with van der Waals surface area (Å²) in [6.07, 6.45) is 1.94. The molecular weight excluding hydrogens is 294 g/mol. The van der Waals surface area contributed by atoms with Crippen LogP contribution in [0.3, 0.4) is 0 Å². The van der Waals surface area contributed by atoms with Gasteiger partial charge in [-0.05, 0) is 24.3 Å². The van der Waals surface area contributed by atoms with E-state index in [1.807, 2.05) is 44.4 Å². The van der Waals surface area contributed by atoms with Gasteiger partial charge in [-0.3, -0.25) is 9.59 Å². The number of carbonyl (C=O) groups is 2. The Bertz CT molecular complexity index is 477. The number of amides is 1.